The quantitative estimate of drug-likeness (QED) is 0.890. The summed E-state index contributed by atoms with van der Waals surface area (Å²) in [7, 11) is 0. The standard InChI is InChI=1S/C14H12F3NO4/c15-14(16,17)22-11-3-1-9(2-4-11)13(20)18-7-12(19)10-5-6-21-8-10/h1-6,8,12,19H,7H2,(H,18,20). The Hall–Kier alpha value is -2.48. The first-order chi connectivity index (χ1) is 10.3. The lowest BCUT2D eigenvalue weighted by molar-refractivity contribution is -0.274. The highest BCUT2D eigenvalue weighted by molar-refractivity contribution is 5.94. The molecule has 118 valence electrons. The van der Waals surface area contributed by atoms with Gasteiger partial charge in [0.05, 0.1) is 18.6 Å². The van der Waals surface area contributed by atoms with Crippen LogP contribution < -0.4 is 10.1 Å². The molecule has 8 heteroatoms. The number of carbonyl (C=O) groups excluding carboxylic acids is 1. The number of amides is 1. The molecule has 22 heavy (non-hydrogen) atoms. The van der Waals surface area contributed by atoms with Crippen LogP contribution in [0.15, 0.2) is 47.3 Å². The van der Waals surface area contributed by atoms with E-state index in [1.54, 1.807) is 6.07 Å². The van der Waals surface area contributed by atoms with Crippen LogP contribution in [0.4, 0.5) is 13.2 Å². The molecular weight excluding hydrogens is 303 g/mol. The first-order valence-electron chi connectivity index (χ1n) is 6.19. The Morgan fingerprint density at radius 2 is 1.95 bits per heavy atom. The van der Waals surface area contributed by atoms with E-state index >= 15 is 0 Å². The summed E-state index contributed by atoms with van der Waals surface area (Å²) in [6.45, 7) is -0.0564. The number of carbonyl (C=O) groups is 1. The molecule has 0 aliphatic heterocycles. The molecule has 1 amide bonds. The number of halogens is 3. The Morgan fingerprint density at radius 3 is 2.50 bits per heavy atom. The Balaban J connectivity index is 1.90. The monoisotopic (exact) mass is 315 g/mol. The van der Waals surface area contributed by atoms with E-state index in [9.17, 15) is 23.1 Å². The van der Waals surface area contributed by atoms with Crippen LogP contribution in [0.3, 0.4) is 0 Å². The maximum absolute atomic E-state index is 12.0. The van der Waals surface area contributed by atoms with Gasteiger partial charge in [-0.05, 0) is 30.3 Å². The molecule has 1 atom stereocenters. The zero-order chi connectivity index (χ0) is 16.2. The van der Waals surface area contributed by atoms with Crippen molar-refractivity contribution in [3.05, 3.63) is 54.0 Å². The van der Waals surface area contributed by atoms with Gasteiger partial charge in [0.25, 0.3) is 5.91 Å². The number of rotatable bonds is 5. The highest BCUT2D eigenvalue weighted by atomic mass is 19.4. The summed E-state index contributed by atoms with van der Waals surface area (Å²) in [6.07, 6.45) is -2.98. The second-order valence-electron chi connectivity index (χ2n) is 4.35. The first-order valence-corrected chi connectivity index (χ1v) is 6.19. The van der Waals surface area contributed by atoms with Crippen LogP contribution in [0.5, 0.6) is 5.75 Å². The lowest BCUT2D eigenvalue weighted by Crippen LogP contribution is -2.28. The molecule has 1 aromatic carbocycles. The summed E-state index contributed by atoms with van der Waals surface area (Å²) in [5, 5.41) is 12.2. The van der Waals surface area contributed by atoms with Crippen molar-refractivity contribution in [2.45, 2.75) is 12.5 Å². The molecule has 2 rings (SSSR count). The van der Waals surface area contributed by atoms with Crippen molar-refractivity contribution in [1.29, 1.82) is 0 Å². The van der Waals surface area contributed by atoms with Gasteiger partial charge in [-0.2, -0.15) is 0 Å². The third-order valence-corrected chi connectivity index (χ3v) is 2.73. The fraction of sp³-hybridized carbons (Fsp3) is 0.214. The molecule has 0 bridgehead atoms. The number of hydrogen-bond acceptors (Lipinski definition) is 4. The number of benzene rings is 1. The normalized spacial score (nSPS) is 12.7. The van der Waals surface area contributed by atoms with Crippen molar-refractivity contribution in [3.8, 4) is 5.75 Å². The minimum absolute atomic E-state index is 0.0564. The van der Waals surface area contributed by atoms with E-state index < -0.39 is 24.1 Å². The second kappa shape index (κ2) is 6.52. The number of ether oxygens (including phenoxy) is 1. The van der Waals surface area contributed by atoms with Gasteiger partial charge in [0.1, 0.15) is 5.75 Å². The predicted molar refractivity (Wildman–Crippen MR) is 69.1 cm³/mol. The molecule has 1 aromatic heterocycles. The summed E-state index contributed by atoms with van der Waals surface area (Å²) in [6, 6.07) is 6.02. The van der Waals surface area contributed by atoms with Gasteiger partial charge in [0.15, 0.2) is 0 Å². The van der Waals surface area contributed by atoms with Gasteiger partial charge in [-0.15, -0.1) is 13.2 Å². The maximum Gasteiger partial charge on any atom is 0.573 e. The highest BCUT2D eigenvalue weighted by Gasteiger charge is 2.31. The Morgan fingerprint density at radius 1 is 1.27 bits per heavy atom. The number of aliphatic hydroxyl groups excluding tert-OH is 1. The third kappa shape index (κ3) is 4.52. The van der Waals surface area contributed by atoms with Gasteiger partial charge in [-0.3, -0.25) is 4.79 Å². The summed E-state index contributed by atoms with van der Waals surface area (Å²) in [5.41, 5.74) is 0.656. The average Bonchev–Trinajstić information content (AvgIpc) is 2.97. The van der Waals surface area contributed by atoms with Crippen LogP contribution in [-0.4, -0.2) is 23.9 Å². The van der Waals surface area contributed by atoms with Crippen molar-refractivity contribution in [1.82, 2.24) is 5.32 Å². The maximum atomic E-state index is 12.0. The van der Waals surface area contributed by atoms with E-state index in [4.69, 9.17) is 4.42 Å². The fourth-order valence-electron chi connectivity index (χ4n) is 1.68. The molecule has 0 radical (unpaired) electrons. The van der Waals surface area contributed by atoms with Crippen molar-refractivity contribution in [3.63, 3.8) is 0 Å². The van der Waals surface area contributed by atoms with E-state index in [0.717, 1.165) is 12.1 Å². The molecule has 2 N–H and O–H groups in total. The number of alkyl halides is 3. The first kappa shape index (κ1) is 15.9. The molecule has 1 unspecified atom stereocenters. The Bertz CT molecular complexity index is 608. The van der Waals surface area contributed by atoms with E-state index in [1.807, 2.05) is 0 Å². The predicted octanol–water partition coefficient (Wildman–Crippen LogP) is 2.64. The third-order valence-electron chi connectivity index (χ3n) is 2.73. The number of hydrogen-bond donors (Lipinski definition) is 2. The molecular formula is C14H12F3NO4. The van der Waals surface area contributed by atoms with Crippen LogP contribution in [0.2, 0.25) is 0 Å². The van der Waals surface area contributed by atoms with Crippen LogP contribution in [0.1, 0.15) is 22.0 Å². The molecule has 0 aliphatic rings. The molecule has 0 saturated carbocycles. The van der Waals surface area contributed by atoms with Crippen LogP contribution >= 0.6 is 0 Å². The van der Waals surface area contributed by atoms with Crippen molar-refractivity contribution in [2.75, 3.05) is 6.54 Å². The molecule has 0 spiro atoms. The zero-order valence-corrected chi connectivity index (χ0v) is 11.1. The van der Waals surface area contributed by atoms with Crippen molar-refractivity contribution < 1.29 is 32.2 Å². The molecule has 0 fully saturated rings. The minimum Gasteiger partial charge on any atom is -0.472 e. The van der Waals surface area contributed by atoms with E-state index in [0.29, 0.717) is 5.56 Å². The average molecular weight is 315 g/mol. The Kier molecular flexibility index (Phi) is 4.71. The molecule has 0 saturated heterocycles. The molecule has 5 nitrogen and oxygen atoms in total. The van der Waals surface area contributed by atoms with Crippen LogP contribution in [0.25, 0.3) is 0 Å². The summed E-state index contributed by atoms with van der Waals surface area (Å²) < 4.78 is 44.5. The topological polar surface area (TPSA) is 71.7 Å². The van der Waals surface area contributed by atoms with Gasteiger partial charge < -0.3 is 19.6 Å². The Labute approximate surface area is 123 Å². The summed E-state index contributed by atoms with van der Waals surface area (Å²) in [5.74, 6) is -0.941. The zero-order valence-electron chi connectivity index (χ0n) is 11.1. The minimum atomic E-state index is -4.78. The van der Waals surface area contributed by atoms with Gasteiger partial charge in [0, 0.05) is 17.7 Å². The number of aliphatic hydroxyl groups is 1. The lowest BCUT2D eigenvalue weighted by Gasteiger charge is -2.11. The van der Waals surface area contributed by atoms with Gasteiger partial charge in [-0.25, -0.2) is 0 Å². The van der Waals surface area contributed by atoms with Crippen LogP contribution in [0, 0.1) is 0 Å². The smallest absolute Gasteiger partial charge is 0.472 e. The van der Waals surface area contributed by atoms with Crippen LogP contribution in [-0.2, 0) is 0 Å². The van der Waals surface area contributed by atoms with E-state index in [1.165, 1.54) is 24.7 Å². The fourth-order valence-corrected chi connectivity index (χ4v) is 1.68. The summed E-state index contributed by atoms with van der Waals surface area (Å²) >= 11 is 0. The van der Waals surface area contributed by atoms with Crippen molar-refractivity contribution in [2.24, 2.45) is 0 Å². The number of furan rings is 1. The SMILES string of the molecule is O=C(NCC(O)c1ccoc1)c1ccc(OC(F)(F)F)cc1. The van der Waals surface area contributed by atoms with E-state index in [-0.39, 0.29) is 12.1 Å². The largest absolute Gasteiger partial charge is 0.573 e. The molecule has 1 heterocycles. The second-order valence-corrected chi connectivity index (χ2v) is 4.35. The van der Waals surface area contributed by atoms with Crippen molar-refractivity contribution >= 4 is 5.91 Å². The van der Waals surface area contributed by atoms with Gasteiger partial charge in [-0.1, -0.05) is 0 Å². The lowest BCUT2D eigenvalue weighted by atomic mass is 10.1. The van der Waals surface area contributed by atoms with Gasteiger partial charge in [0.2, 0.25) is 0 Å². The van der Waals surface area contributed by atoms with E-state index in [2.05, 4.69) is 10.1 Å². The highest BCUT2D eigenvalue weighted by Crippen LogP contribution is 2.22. The van der Waals surface area contributed by atoms with Gasteiger partial charge >= 0.3 is 6.36 Å². The number of nitrogens with one attached hydrogen (secondary N) is 1. The summed E-state index contributed by atoms with van der Waals surface area (Å²) in [4.78, 5) is 11.8. The molecule has 0 aliphatic carbocycles. The molecule has 2 aromatic rings.